The number of H-pyrrole nitrogens is 1. The minimum atomic E-state index is -0.718. The highest BCUT2D eigenvalue weighted by molar-refractivity contribution is 5.92. The Balaban J connectivity index is 1.07. The molecule has 1 atom stereocenters. The topological polar surface area (TPSA) is 149 Å². The molecule has 0 spiro atoms. The number of carbonyl (C=O) groups is 2. The third-order valence-electron chi connectivity index (χ3n) is 7.83. The van der Waals surface area contributed by atoms with Crippen LogP contribution >= 0.6 is 0 Å². The van der Waals surface area contributed by atoms with Gasteiger partial charge in [-0.05, 0) is 48.9 Å². The molecule has 218 valence electrons. The predicted octanol–water partition coefficient (Wildman–Crippen LogP) is 1.66. The Morgan fingerprint density at radius 2 is 2.05 bits per heavy atom. The second kappa shape index (κ2) is 13.1. The number of hydrogen-bond donors (Lipinski definition) is 4. The third kappa shape index (κ3) is 7.39. The van der Waals surface area contributed by atoms with Crippen LogP contribution in [0.5, 0.6) is 5.75 Å². The van der Waals surface area contributed by atoms with E-state index in [4.69, 9.17) is 4.74 Å². The summed E-state index contributed by atoms with van der Waals surface area (Å²) in [6, 6.07) is 5.91. The summed E-state index contributed by atoms with van der Waals surface area (Å²) in [6.07, 6.45) is 6.73. The van der Waals surface area contributed by atoms with Gasteiger partial charge in [-0.25, -0.2) is 9.97 Å². The van der Waals surface area contributed by atoms with E-state index in [9.17, 15) is 14.7 Å². The first-order chi connectivity index (χ1) is 19.9. The minimum absolute atomic E-state index is 0.0913. The fourth-order valence-corrected chi connectivity index (χ4v) is 5.48. The molecule has 0 saturated carbocycles. The van der Waals surface area contributed by atoms with E-state index >= 15 is 0 Å². The molecule has 5 rings (SSSR count). The summed E-state index contributed by atoms with van der Waals surface area (Å²) in [5.74, 6) is 1.18. The molecule has 2 aliphatic heterocycles. The summed E-state index contributed by atoms with van der Waals surface area (Å²) in [4.78, 5) is 36.7. The van der Waals surface area contributed by atoms with E-state index in [2.05, 4.69) is 48.7 Å². The lowest BCUT2D eigenvalue weighted by Gasteiger charge is -2.32. The number of nitrogens with zero attached hydrogens (tertiary/aromatic N) is 5. The van der Waals surface area contributed by atoms with Crippen LogP contribution in [0.15, 0.2) is 36.9 Å². The van der Waals surface area contributed by atoms with E-state index in [1.165, 1.54) is 17.5 Å². The van der Waals surface area contributed by atoms with Crippen LogP contribution in [-0.4, -0.2) is 91.8 Å². The number of likely N-dealkylation sites (tertiary alicyclic amines) is 1. The van der Waals surface area contributed by atoms with E-state index < -0.39 is 6.10 Å². The van der Waals surface area contributed by atoms with Crippen LogP contribution in [0.2, 0.25) is 0 Å². The van der Waals surface area contributed by atoms with Crippen molar-refractivity contribution in [1.82, 2.24) is 35.3 Å². The van der Waals surface area contributed by atoms with Gasteiger partial charge in [-0.15, -0.1) is 0 Å². The number of aliphatic hydroxyl groups is 1. The molecule has 12 heteroatoms. The lowest BCUT2D eigenvalue weighted by Crippen LogP contribution is -2.42. The number of anilines is 1. The molecule has 1 aromatic carbocycles. The summed E-state index contributed by atoms with van der Waals surface area (Å²) < 4.78 is 6.01. The monoisotopic (exact) mass is 562 g/mol. The number of aromatic nitrogens is 4. The van der Waals surface area contributed by atoms with Gasteiger partial charge in [-0.2, -0.15) is 5.10 Å². The molecule has 4 N–H and O–H groups in total. The molecule has 1 unspecified atom stereocenters. The van der Waals surface area contributed by atoms with Crippen LogP contribution in [-0.2, 0) is 24.4 Å². The van der Waals surface area contributed by atoms with Crippen LogP contribution in [0.4, 0.5) is 5.82 Å². The summed E-state index contributed by atoms with van der Waals surface area (Å²) in [5, 5.41) is 23.6. The minimum Gasteiger partial charge on any atom is -0.489 e. The predicted molar refractivity (Wildman–Crippen MR) is 152 cm³/mol. The molecule has 0 radical (unpaired) electrons. The molecule has 41 heavy (non-hydrogen) atoms. The Bertz CT molecular complexity index is 1340. The van der Waals surface area contributed by atoms with Crippen molar-refractivity contribution in [1.29, 1.82) is 0 Å². The maximum absolute atomic E-state index is 12.8. The summed E-state index contributed by atoms with van der Waals surface area (Å²) in [7, 11) is 0. The molecular weight excluding hydrogens is 524 g/mol. The van der Waals surface area contributed by atoms with Crippen molar-refractivity contribution in [3.8, 4) is 5.75 Å². The number of hydrogen-bond acceptors (Lipinski definition) is 9. The number of carbonyl (C=O) groups excluding carboxylic acids is 2. The maximum Gasteiger partial charge on any atom is 0.270 e. The van der Waals surface area contributed by atoms with Gasteiger partial charge < -0.3 is 25.4 Å². The summed E-state index contributed by atoms with van der Waals surface area (Å²) in [6.45, 7) is 7.67. The number of amides is 2. The first-order valence-corrected chi connectivity index (χ1v) is 14.1. The lowest BCUT2D eigenvalue weighted by atomic mass is 9.94. The number of β-amino-alcohol motifs (C(OH)–C–C–N with tert-alkyl or cyclic N) is 1. The quantitative estimate of drug-likeness (QED) is 0.289. The molecule has 3 aromatic rings. The molecule has 2 amide bonds. The molecule has 1 saturated heterocycles. The van der Waals surface area contributed by atoms with Crippen molar-refractivity contribution in [2.45, 2.75) is 58.4 Å². The fraction of sp³-hybridized carbons (Fsp3) is 0.483. The number of fused-ring (bicyclic) bond motifs is 1. The Morgan fingerprint density at radius 1 is 1.22 bits per heavy atom. The summed E-state index contributed by atoms with van der Waals surface area (Å²) >= 11 is 0. The Morgan fingerprint density at radius 3 is 2.80 bits per heavy atom. The zero-order valence-corrected chi connectivity index (χ0v) is 23.6. The Hall–Kier alpha value is -4.03. The van der Waals surface area contributed by atoms with E-state index in [0.29, 0.717) is 32.1 Å². The standard InChI is InChI=1S/C29H38N8O4/c1-19-25-7-8-36(15-22(25)3-4-27(19)41-17-21-12-33-34-13-21)16-24(39)14-30-29(40)26-11-28(32-18-31-26)35-23-5-9-37(10-6-23)20(2)38/h3-4,11-13,18,23-24,39H,5-10,14-17H2,1-2H3,(H,30,40)(H,33,34)(H,31,32,35). The average molecular weight is 563 g/mol. The zero-order chi connectivity index (χ0) is 28.8. The fourth-order valence-electron chi connectivity index (χ4n) is 5.48. The SMILES string of the molecule is CC(=O)N1CCC(Nc2cc(C(=O)NCC(O)CN3CCc4c(ccc(OCc5cn[nH]c5)c4C)C3)ncn2)CC1. The number of nitrogens with one attached hydrogen (secondary N) is 3. The third-order valence-corrected chi connectivity index (χ3v) is 7.83. The van der Waals surface area contributed by atoms with Crippen molar-refractivity contribution >= 4 is 17.6 Å². The molecule has 1 fully saturated rings. The van der Waals surface area contributed by atoms with Gasteiger partial charge in [0.25, 0.3) is 5.91 Å². The lowest BCUT2D eigenvalue weighted by molar-refractivity contribution is -0.129. The van der Waals surface area contributed by atoms with Crippen molar-refractivity contribution in [3.63, 3.8) is 0 Å². The summed E-state index contributed by atoms with van der Waals surface area (Å²) in [5.41, 5.74) is 4.91. The Labute approximate surface area is 239 Å². The van der Waals surface area contributed by atoms with Gasteiger partial charge >= 0.3 is 0 Å². The number of rotatable bonds is 10. The maximum atomic E-state index is 12.8. The molecular formula is C29H38N8O4. The van der Waals surface area contributed by atoms with Gasteiger partial charge in [0.2, 0.25) is 5.91 Å². The second-order valence-electron chi connectivity index (χ2n) is 10.8. The zero-order valence-electron chi connectivity index (χ0n) is 23.6. The number of benzene rings is 1. The molecule has 0 bridgehead atoms. The highest BCUT2D eigenvalue weighted by Gasteiger charge is 2.23. The van der Waals surface area contributed by atoms with E-state index in [0.717, 1.165) is 49.2 Å². The largest absolute Gasteiger partial charge is 0.489 e. The highest BCUT2D eigenvalue weighted by Crippen LogP contribution is 2.30. The van der Waals surface area contributed by atoms with Gasteiger partial charge in [-0.3, -0.25) is 19.6 Å². The van der Waals surface area contributed by atoms with Gasteiger partial charge in [0, 0.05) is 70.1 Å². The van der Waals surface area contributed by atoms with Crippen molar-refractivity contribution in [2.75, 3.05) is 38.0 Å². The Kier molecular flexibility index (Phi) is 9.10. The van der Waals surface area contributed by atoms with E-state index in [1.807, 2.05) is 17.2 Å². The number of ether oxygens (including phenoxy) is 1. The van der Waals surface area contributed by atoms with Crippen LogP contribution in [0, 0.1) is 6.92 Å². The molecule has 4 heterocycles. The van der Waals surface area contributed by atoms with Crippen LogP contribution in [0.1, 0.15) is 52.5 Å². The van der Waals surface area contributed by atoms with Crippen LogP contribution < -0.4 is 15.4 Å². The molecule has 2 aliphatic rings. The second-order valence-corrected chi connectivity index (χ2v) is 10.8. The molecule has 0 aliphatic carbocycles. The number of aliphatic hydroxyl groups excluding tert-OH is 1. The molecule has 12 nitrogen and oxygen atoms in total. The molecule has 2 aromatic heterocycles. The van der Waals surface area contributed by atoms with E-state index in [-0.39, 0.29) is 30.1 Å². The average Bonchev–Trinajstić information content (AvgIpc) is 3.50. The number of aromatic amines is 1. The van der Waals surface area contributed by atoms with Gasteiger partial charge in [-0.1, -0.05) is 6.07 Å². The van der Waals surface area contributed by atoms with Crippen LogP contribution in [0.25, 0.3) is 0 Å². The smallest absolute Gasteiger partial charge is 0.270 e. The van der Waals surface area contributed by atoms with Crippen LogP contribution in [0.3, 0.4) is 0 Å². The number of piperidine rings is 1. The first-order valence-electron chi connectivity index (χ1n) is 14.1. The van der Waals surface area contributed by atoms with Gasteiger partial charge in [0.15, 0.2) is 0 Å². The van der Waals surface area contributed by atoms with Crippen molar-refractivity contribution in [2.24, 2.45) is 0 Å². The van der Waals surface area contributed by atoms with Crippen molar-refractivity contribution < 1.29 is 19.4 Å². The van der Waals surface area contributed by atoms with Gasteiger partial charge in [0.05, 0.1) is 12.3 Å². The van der Waals surface area contributed by atoms with Crippen molar-refractivity contribution in [3.05, 3.63) is 64.9 Å². The first kappa shape index (κ1) is 28.5. The van der Waals surface area contributed by atoms with Gasteiger partial charge in [0.1, 0.15) is 30.2 Å². The highest BCUT2D eigenvalue weighted by atomic mass is 16.5. The van der Waals surface area contributed by atoms with E-state index in [1.54, 1.807) is 19.2 Å². The normalized spacial score (nSPS) is 16.6.